The molecule has 2 aromatic heterocycles. The number of nitrogens with zero attached hydrogens (tertiary/aromatic N) is 2. The third-order valence-corrected chi connectivity index (χ3v) is 17.2. The molecule has 0 fully saturated rings. The zero-order valence-corrected chi connectivity index (χ0v) is 40.6. The van der Waals surface area contributed by atoms with Crippen LogP contribution >= 0.6 is 0 Å². The zero-order chi connectivity index (χ0) is 48.2. The van der Waals surface area contributed by atoms with E-state index in [4.69, 9.17) is 4.42 Å². The number of para-hydroxylation sites is 2. The Kier molecular flexibility index (Phi) is 8.28. The van der Waals surface area contributed by atoms with Crippen LogP contribution in [-0.2, 0) is 10.8 Å². The largest absolute Gasteiger partial charge is 0.456 e. The minimum Gasteiger partial charge on any atom is -0.456 e. The number of hydrogen-bond acceptors (Lipinski definition) is 2. The van der Waals surface area contributed by atoms with Crippen LogP contribution in [0.15, 0.2) is 235 Å². The molecule has 4 aliphatic carbocycles. The van der Waals surface area contributed by atoms with Crippen LogP contribution in [0.25, 0.3) is 89.0 Å². The van der Waals surface area contributed by atoms with Crippen molar-refractivity contribution >= 4 is 50.2 Å². The molecule has 344 valence electrons. The Morgan fingerprint density at radius 3 is 1.82 bits per heavy atom. The minimum absolute atomic E-state index is 0.0945. The second-order valence-electron chi connectivity index (χ2n) is 21.0. The van der Waals surface area contributed by atoms with Gasteiger partial charge in [0.25, 0.3) is 0 Å². The molecule has 3 heteroatoms. The van der Waals surface area contributed by atoms with E-state index >= 15 is 0 Å². The van der Waals surface area contributed by atoms with Crippen molar-refractivity contribution in [3.8, 4) is 50.2 Å². The Bertz CT molecular complexity index is 4290. The average molecular weight is 933 g/mol. The lowest BCUT2D eigenvalue weighted by Crippen LogP contribution is -2.28. The number of furan rings is 1. The highest BCUT2D eigenvalue weighted by Crippen LogP contribution is 2.64. The van der Waals surface area contributed by atoms with E-state index in [-0.39, 0.29) is 11.5 Å². The van der Waals surface area contributed by atoms with Crippen LogP contribution in [0, 0.1) is 0 Å². The Morgan fingerprint density at radius 2 is 1.07 bits per heavy atom. The summed E-state index contributed by atoms with van der Waals surface area (Å²) in [5, 5.41) is 3.64. The lowest BCUT2D eigenvalue weighted by molar-refractivity contribution is 0.580. The molecule has 1 spiro atoms. The number of aromatic nitrogens is 1. The number of anilines is 2. The van der Waals surface area contributed by atoms with Gasteiger partial charge in [-0.15, -0.1) is 0 Å². The molecule has 0 saturated heterocycles. The van der Waals surface area contributed by atoms with E-state index in [0.717, 1.165) is 34.4 Å². The van der Waals surface area contributed by atoms with Gasteiger partial charge < -0.3 is 13.9 Å². The van der Waals surface area contributed by atoms with Gasteiger partial charge in [0.1, 0.15) is 11.3 Å². The monoisotopic (exact) mass is 932 g/mol. The molecular weight excluding hydrogens is 885 g/mol. The third-order valence-electron chi connectivity index (χ3n) is 17.2. The molecule has 0 radical (unpaired) electrons. The fourth-order valence-corrected chi connectivity index (χ4v) is 14.1. The molecule has 10 aromatic carbocycles. The van der Waals surface area contributed by atoms with E-state index in [1.165, 1.54) is 111 Å². The highest BCUT2D eigenvalue weighted by atomic mass is 16.3. The lowest BCUT2D eigenvalue weighted by Gasteiger charge is -2.38. The number of rotatable bonds is 5. The van der Waals surface area contributed by atoms with Crippen LogP contribution in [0.3, 0.4) is 0 Å². The summed E-state index contributed by atoms with van der Waals surface area (Å²) in [7, 11) is 0. The van der Waals surface area contributed by atoms with Crippen LogP contribution in [0.1, 0.15) is 71.0 Å². The zero-order valence-electron chi connectivity index (χ0n) is 40.6. The first kappa shape index (κ1) is 40.8. The quantitative estimate of drug-likeness (QED) is 0.171. The normalized spacial score (nSPS) is 15.8. The van der Waals surface area contributed by atoms with E-state index in [0.29, 0.717) is 0 Å². The maximum Gasteiger partial charge on any atom is 0.135 e. The van der Waals surface area contributed by atoms with Gasteiger partial charge in [-0.2, -0.15) is 0 Å². The standard InChI is InChI=1S/C70H48N2O/c1-69(2)55-25-11-9-24-53(55)67-59(69)29-16-31-62(67)72(46-36-38-50-49-22-8-14-28-58(49)70(60(50)42-46)56-26-12-6-20-47(56)48-21-7-13-27-57(48)70)63-32-17-33-66-68(63)54-40-43(35-39-65(54)73-66)44-34-37-52-51-23-10-15-30-61(51)71(64(52)41-44)45-18-4-3-5-19-45/h3-31,33-42,63H,32H2,1-2H3. The van der Waals surface area contributed by atoms with Crippen molar-refractivity contribution in [1.29, 1.82) is 0 Å². The fourth-order valence-electron chi connectivity index (χ4n) is 14.1. The first-order valence-corrected chi connectivity index (χ1v) is 25.8. The molecule has 0 N–H and O–H groups in total. The van der Waals surface area contributed by atoms with Gasteiger partial charge in [0.15, 0.2) is 0 Å². The molecule has 0 bridgehead atoms. The summed E-state index contributed by atoms with van der Waals surface area (Å²) in [6, 6.07) is 84.1. The van der Waals surface area contributed by atoms with Crippen molar-refractivity contribution < 1.29 is 4.42 Å². The fraction of sp³-hybridized carbons (Fsp3) is 0.0857. The highest BCUT2D eigenvalue weighted by Gasteiger charge is 2.52. The topological polar surface area (TPSA) is 21.3 Å². The minimum atomic E-state index is -0.476. The summed E-state index contributed by atoms with van der Waals surface area (Å²) in [5.41, 5.74) is 25.7. The molecule has 73 heavy (non-hydrogen) atoms. The second-order valence-corrected chi connectivity index (χ2v) is 21.0. The van der Waals surface area contributed by atoms with Gasteiger partial charge in [-0.05, 0) is 139 Å². The molecule has 1 atom stereocenters. The predicted molar refractivity (Wildman–Crippen MR) is 301 cm³/mol. The average Bonchev–Trinajstić information content (AvgIpc) is 4.28. The Morgan fingerprint density at radius 1 is 0.466 bits per heavy atom. The molecule has 1 unspecified atom stereocenters. The van der Waals surface area contributed by atoms with Crippen LogP contribution in [-0.4, -0.2) is 4.57 Å². The summed E-state index contributed by atoms with van der Waals surface area (Å²) >= 11 is 0. The van der Waals surface area contributed by atoms with Gasteiger partial charge in [-0.25, -0.2) is 0 Å². The number of fused-ring (bicyclic) bond motifs is 19. The molecule has 4 aliphatic rings. The Labute approximate surface area is 424 Å². The predicted octanol–water partition coefficient (Wildman–Crippen LogP) is 18.1. The van der Waals surface area contributed by atoms with E-state index < -0.39 is 5.41 Å². The summed E-state index contributed by atoms with van der Waals surface area (Å²) in [4.78, 5) is 2.69. The Balaban J connectivity index is 0.934. The first-order valence-electron chi connectivity index (χ1n) is 25.8. The highest BCUT2D eigenvalue weighted by molar-refractivity contribution is 6.10. The molecule has 16 rings (SSSR count). The SMILES string of the molecule is CC1(C)c2ccccc2-c2c(N(c3ccc4c(c3)C3(c5ccccc5-c5ccccc53)c3ccccc3-4)C3CC=Cc4oc5ccc(-c6ccc7c8ccccc8n(-c8ccccc8)c7c6)cc5c43)cccc21. The maximum atomic E-state index is 6.96. The van der Waals surface area contributed by atoms with Crippen LogP contribution in [0.4, 0.5) is 11.4 Å². The number of hydrogen-bond donors (Lipinski definition) is 0. The van der Waals surface area contributed by atoms with E-state index in [9.17, 15) is 0 Å². The van der Waals surface area contributed by atoms with Crippen molar-refractivity contribution in [1.82, 2.24) is 4.57 Å². The third kappa shape index (κ3) is 5.38. The summed E-state index contributed by atoms with van der Waals surface area (Å²) in [6.45, 7) is 4.78. The lowest BCUT2D eigenvalue weighted by atomic mass is 9.70. The van der Waals surface area contributed by atoms with Gasteiger partial charge in [-0.1, -0.05) is 190 Å². The van der Waals surface area contributed by atoms with E-state index in [1.54, 1.807) is 0 Å². The second kappa shape index (κ2) is 14.8. The number of benzene rings is 10. The molecular formula is C70H48N2O. The summed E-state index contributed by atoms with van der Waals surface area (Å²) < 4.78 is 9.36. The smallest absolute Gasteiger partial charge is 0.135 e. The molecule has 0 saturated carbocycles. The molecule has 12 aromatic rings. The molecule has 0 aliphatic heterocycles. The van der Waals surface area contributed by atoms with Crippen LogP contribution in [0.5, 0.6) is 0 Å². The maximum absolute atomic E-state index is 6.96. The summed E-state index contributed by atoms with van der Waals surface area (Å²) in [5.74, 6) is 0.921. The van der Waals surface area contributed by atoms with Crippen LogP contribution in [0.2, 0.25) is 0 Å². The van der Waals surface area contributed by atoms with Crippen molar-refractivity contribution in [3.63, 3.8) is 0 Å². The van der Waals surface area contributed by atoms with E-state index in [1.807, 2.05) is 0 Å². The van der Waals surface area contributed by atoms with Gasteiger partial charge in [0, 0.05) is 49.8 Å². The van der Waals surface area contributed by atoms with Crippen LogP contribution < -0.4 is 4.90 Å². The van der Waals surface area contributed by atoms with Gasteiger partial charge >= 0.3 is 0 Å². The van der Waals surface area contributed by atoms with Gasteiger partial charge in [0.2, 0.25) is 0 Å². The van der Waals surface area contributed by atoms with Crippen molar-refractivity contribution in [2.24, 2.45) is 0 Å². The Hall–Kier alpha value is -8.92. The van der Waals surface area contributed by atoms with Gasteiger partial charge in [0.05, 0.1) is 22.5 Å². The molecule has 3 nitrogen and oxygen atoms in total. The van der Waals surface area contributed by atoms with Gasteiger partial charge in [-0.3, -0.25) is 0 Å². The van der Waals surface area contributed by atoms with E-state index in [2.05, 4.69) is 260 Å². The summed E-state index contributed by atoms with van der Waals surface area (Å²) in [6.07, 6.45) is 5.34. The molecule has 2 heterocycles. The van der Waals surface area contributed by atoms with Crippen molar-refractivity contribution in [2.45, 2.75) is 37.1 Å². The van der Waals surface area contributed by atoms with Crippen molar-refractivity contribution in [2.75, 3.05) is 4.90 Å². The first-order chi connectivity index (χ1) is 36.0. The molecule has 0 amide bonds. The van der Waals surface area contributed by atoms with Crippen molar-refractivity contribution in [3.05, 3.63) is 275 Å².